The van der Waals surface area contributed by atoms with Crippen molar-refractivity contribution in [2.45, 2.75) is 24.9 Å². The standard InChI is InChI=1S/C18H17NO5/c1-23-16-8-7-15(19(21)22)11-13(16)12-24-17(20)18(9-10-18)14-5-3-2-4-6-14/h2-8,11H,9-10,12H2,1H3. The highest BCUT2D eigenvalue weighted by Crippen LogP contribution is 2.49. The molecule has 0 bridgehead atoms. The lowest BCUT2D eigenvalue weighted by Gasteiger charge is -2.15. The van der Waals surface area contributed by atoms with Crippen LogP contribution in [0.5, 0.6) is 5.75 Å². The van der Waals surface area contributed by atoms with Gasteiger partial charge in [-0.3, -0.25) is 14.9 Å². The molecule has 0 N–H and O–H groups in total. The molecular formula is C18H17NO5. The summed E-state index contributed by atoms with van der Waals surface area (Å²) in [5, 5.41) is 10.9. The van der Waals surface area contributed by atoms with Crippen molar-refractivity contribution < 1.29 is 19.2 Å². The molecule has 0 unspecified atom stereocenters. The maximum Gasteiger partial charge on any atom is 0.316 e. The average Bonchev–Trinajstić information content (AvgIpc) is 3.42. The fourth-order valence-electron chi connectivity index (χ4n) is 2.77. The van der Waals surface area contributed by atoms with E-state index in [2.05, 4.69) is 0 Å². The molecule has 6 heteroatoms. The highest BCUT2D eigenvalue weighted by atomic mass is 16.6. The Kier molecular flexibility index (Phi) is 4.20. The molecule has 1 saturated carbocycles. The molecule has 0 aromatic heterocycles. The number of hydrogen-bond acceptors (Lipinski definition) is 5. The zero-order valence-corrected chi connectivity index (χ0v) is 13.2. The Morgan fingerprint density at radius 3 is 2.50 bits per heavy atom. The fraction of sp³-hybridized carbons (Fsp3) is 0.278. The predicted molar refractivity (Wildman–Crippen MR) is 86.8 cm³/mol. The van der Waals surface area contributed by atoms with Crippen molar-refractivity contribution >= 4 is 11.7 Å². The predicted octanol–water partition coefficient (Wildman–Crippen LogP) is 3.38. The molecule has 0 heterocycles. The molecular weight excluding hydrogens is 310 g/mol. The van der Waals surface area contributed by atoms with Crippen LogP contribution in [0.25, 0.3) is 0 Å². The van der Waals surface area contributed by atoms with Crippen molar-refractivity contribution in [3.05, 3.63) is 69.8 Å². The van der Waals surface area contributed by atoms with Gasteiger partial charge in [0.05, 0.1) is 17.4 Å². The Bertz CT molecular complexity index is 768. The maximum atomic E-state index is 12.5. The minimum absolute atomic E-state index is 0.0573. The van der Waals surface area contributed by atoms with Crippen LogP contribution in [0.1, 0.15) is 24.0 Å². The van der Waals surface area contributed by atoms with Gasteiger partial charge in [0.1, 0.15) is 12.4 Å². The number of carbonyl (C=O) groups excluding carboxylic acids is 1. The van der Waals surface area contributed by atoms with Crippen LogP contribution in [-0.2, 0) is 21.6 Å². The minimum atomic E-state index is -0.574. The first-order chi connectivity index (χ1) is 11.6. The van der Waals surface area contributed by atoms with Crippen molar-refractivity contribution in [1.29, 1.82) is 0 Å². The van der Waals surface area contributed by atoms with Gasteiger partial charge in [0.2, 0.25) is 0 Å². The molecule has 0 aliphatic heterocycles. The zero-order valence-electron chi connectivity index (χ0n) is 13.2. The van der Waals surface area contributed by atoms with Gasteiger partial charge in [-0.05, 0) is 24.5 Å². The first kappa shape index (κ1) is 16.0. The SMILES string of the molecule is COc1ccc([N+](=O)[O-])cc1COC(=O)C1(c2ccccc2)CC1. The van der Waals surface area contributed by atoms with E-state index in [1.165, 1.54) is 25.3 Å². The Hall–Kier alpha value is -2.89. The summed E-state index contributed by atoms with van der Waals surface area (Å²) in [4.78, 5) is 22.9. The number of benzene rings is 2. The van der Waals surface area contributed by atoms with Gasteiger partial charge in [0.15, 0.2) is 0 Å². The highest BCUT2D eigenvalue weighted by molar-refractivity contribution is 5.86. The average molecular weight is 327 g/mol. The fourth-order valence-corrected chi connectivity index (χ4v) is 2.77. The molecule has 24 heavy (non-hydrogen) atoms. The zero-order chi connectivity index (χ0) is 17.2. The van der Waals surface area contributed by atoms with Crippen molar-refractivity contribution in [1.82, 2.24) is 0 Å². The number of carbonyl (C=O) groups is 1. The number of methoxy groups -OCH3 is 1. The summed E-state index contributed by atoms with van der Waals surface area (Å²) in [7, 11) is 1.47. The lowest BCUT2D eigenvalue weighted by molar-refractivity contribution is -0.385. The first-order valence-corrected chi connectivity index (χ1v) is 7.61. The van der Waals surface area contributed by atoms with Crippen LogP contribution >= 0.6 is 0 Å². The molecule has 1 aliphatic carbocycles. The number of nitrogens with zero attached hydrogens (tertiary/aromatic N) is 1. The Labute approximate surface area is 139 Å². The van der Waals surface area contributed by atoms with Gasteiger partial charge >= 0.3 is 5.97 Å². The van der Waals surface area contributed by atoms with Crippen molar-refractivity contribution in [3.63, 3.8) is 0 Å². The Morgan fingerprint density at radius 2 is 1.92 bits per heavy atom. The van der Waals surface area contributed by atoms with Crippen molar-refractivity contribution in [2.75, 3.05) is 7.11 Å². The molecule has 2 aromatic carbocycles. The van der Waals surface area contributed by atoms with Gasteiger partial charge in [-0.15, -0.1) is 0 Å². The monoisotopic (exact) mass is 327 g/mol. The largest absolute Gasteiger partial charge is 0.496 e. The van der Waals surface area contributed by atoms with Crippen molar-refractivity contribution in [2.24, 2.45) is 0 Å². The van der Waals surface area contributed by atoms with Crippen LogP contribution < -0.4 is 4.74 Å². The third-order valence-electron chi connectivity index (χ3n) is 4.30. The minimum Gasteiger partial charge on any atom is -0.496 e. The van der Waals surface area contributed by atoms with Crippen LogP contribution in [0.15, 0.2) is 48.5 Å². The third-order valence-corrected chi connectivity index (χ3v) is 4.30. The third kappa shape index (κ3) is 2.95. The van der Waals surface area contributed by atoms with Crippen LogP contribution in [0.4, 0.5) is 5.69 Å². The van der Waals surface area contributed by atoms with Gasteiger partial charge in [0, 0.05) is 17.7 Å². The number of hydrogen-bond donors (Lipinski definition) is 0. The van der Waals surface area contributed by atoms with E-state index in [-0.39, 0.29) is 18.3 Å². The smallest absolute Gasteiger partial charge is 0.316 e. The normalized spacial score (nSPS) is 14.7. The number of ether oxygens (including phenoxy) is 2. The van der Waals surface area contributed by atoms with E-state index in [1.54, 1.807) is 0 Å². The number of esters is 1. The Balaban J connectivity index is 1.75. The number of nitro benzene ring substituents is 1. The quantitative estimate of drug-likeness (QED) is 0.462. The lowest BCUT2D eigenvalue weighted by atomic mass is 9.96. The number of rotatable bonds is 6. The van der Waals surface area contributed by atoms with Gasteiger partial charge < -0.3 is 9.47 Å². The van der Waals surface area contributed by atoms with Crippen molar-refractivity contribution in [3.8, 4) is 5.75 Å². The number of nitro groups is 1. The van der Waals surface area contributed by atoms with Crippen LogP contribution in [0, 0.1) is 10.1 Å². The molecule has 0 spiro atoms. The molecule has 0 radical (unpaired) electrons. The molecule has 3 rings (SSSR count). The van der Waals surface area contributed by atoms with E-state index in [4.69, 9.17) is 9.47 Å². The second-order valence-electron chi connectivity index (χ2n) is 5.78. The van der Waals surface area contributed by atoms with Gasteiger partial charge in [0.25, 0.3) is 5.69 Å². The van der Waals surface area contributed by atoms with Crippen LogP contribution in [0.3, 0.4) is 0 Å². The molecule has 0 amide bonds. The molecule has 0 saturated heterocycles. The van der Waals surface area contributed by atoms with E-state index in [0.29, 0.717) is 11.3 Å². The molecule has 0 atom stereocenters. The maximum absolute atomic E-state index is 12.5. The van der Waals surface area contributed by atoms with E-state index in [1.807, 2.05) is 30.3 Å². The first-order valence-electron chi connectivity index (χ1n) is 7.61. The van der Waals surface area contributed by atoms with Gasteiger partial charge in [-0.1, -0.05) is 30.3 Å². The molecule has 6 nitrogen and oxygen atoms in total. The summed E-state index contributed by atoms with van der Waals surface area (Å²) in [6, 6.07) is 13.8. The number of non-ortho nitro benzene ring substituents is 1. The summed E-state index contributed by atoms with van der Waals surface area (Å²) in [6.45, 7) is -0.0573. The summed E-state index contributed by atoms with van der Waals surface area (Å²) in [5.41, 5.74) is 0.783. The van der Waals surface area contributed by atoms with Crippen LogP contribution in [0.2, 0.25) is 0 Å². The molecule has 1 fully saturated rings. The van der Waals surface area contributed by atoms with E-state index in [9.17, 15) is 14.9 Å². The van der Waals surface area contributed by atoms with Gasteiger partial charge in [-0.2, -0.15) is 0 Å². The summed E-state index contributed by atoms with van der Waals surface area (Å²) < 4.78 is 10.6. The van der Waals surface area contributed by atoms with E-state index >= 15 is 0 Å². The van der Waals surface area contributed by atoms with E-state index < -0.39 is 10.3 Å². The molecule has 124 valence electrons. The van der Waals surface area contributed by atoms with E-state index in [0.717, 1.165) is 18.4 Å². The van der Waals surface area contributed by atoms with Gasteiger partial charge in [-0.25, -0.2) is 0 Å². The second kappa shape index (κ2) is 6.31. The summed E-state index contributed by atoms with van der Waals surface area (Å²) in [5.74, 6) is 0.153. The highest BCUT2D eigenvalue weighted by Gasteiger charge is 2.52. The molecule has 2 aromatic rings. The summed E-state index contributed by atoms with van der Waals surface area (Å²) in [6.07, 6.45) is 1.50. The van der Waals surface area contributed by atoms with Crippen LogP contribution in [-0.4, -0.2) is 18.0 Å². The second-order valence-corrected chi connectivity index (χ2v) is 5.78. The summed E-state index contributed by atoms with van der Waals surface area (Å²) >= 11 is 0. The molecule has 1 aliphatic rings. The Morgan fingerprint density at radius 1 is 1.21 bits per heavy atom. The topological polar surface area (TPSA) is 78.7 Å². The lowest BCUT2D eigenvalue weighted by Crippen LogP contribution is -2.23.